The number of carbonyl (C=O) groups is 2. The molecule has 0 radical (unpaired) electrons. The number of rotatable bonds is 6. The first-order valence-corrected chi connectivity index (χ1v) is 10.5. The fourth-order valence-electron chi connectivity index (χ4n) is 4.69. The van der Waals surface area contributed by atoms with Crippen molar-refractivity contribution in [1.29, 1.82) is 0 Å². The Hall–Kier alpha value is -2.44. The van der Waals surface area contributed by atoms with Gasteiger partial charge in [-0.2, -0.15) is 0 Å². The van der Waals surface area contributed by atoms with Crippen molar-refractivity contribution in [3.63, 3.8) is 0 Å². The molecule has 5 nitrogen and oxygen atoms in total. The zero-order valence-corrected chi connectivity index (χ0v) is 16.2. The van der Waals surface area contributed by atoms with E-state index < -0.39 is 17.4 Å². The Balaban J connectivity index is 1.27. The fraction of sp³-hybridized carbons (Fsp3) is 0.364. The number of nitrogens with zero attached hydrogens (tertiary/aromatic N) is 1. The molecule has 6 heteroatoms. The molecule has 2 fully saturated rings. The summed E-state index contributed by atoms with van der Waals surface area (Å²) < 4.78 is 6.17. The Kier molecular flexibility index (Phi) is 4.33. The van der Waals surface area contributed by atoms with E-state index in [9.17, 15) is 9.59 Å². The number of nitrogens with one attached hydrogen (secondary N) is 1. The molecule has 1 N–H and O–H groups in total. The molecule has 0 saturated carbocycles. The highest BCUT2D eigenvalue weighted by atomic mass is 32.1. The first kappa shape index (κ1) is 17.6. The van der Waals surface area contributed by atoms with Crippen LogP contribution >= 0.6 is 11.3 Å². The van der Waals surface area contributed by atoms with Crippen molar-refractivity contribution in [3.8, 4) is 0 Å². The van der Waals surface area contributed by atoms with E-state index in [1.807, 2.05) is 64.9 Å². The maximum absolute atomic E-state index is 13.1. The molecule has 1 aromatic heterocycles. The lowest BCUT2D eigenvalue weighted by molar-refractivity contribution is -0.137. The molecular weight excluding hydrogens is 372 g/mol. The second-order valence-electron chi connectivity index (χ2n) is 7.70. The van der Waals surface area contributed by atoms with Crippen LogP contribution < -0.4 is 5.32 Å². The van der Waals surface area contributed by atoms with E-state index >= 15 is 0 Å². The van der Waals surface area contributed by atoms with Gasteiger partial charge in [0.25, 0.3) is 0 Å². The summed E-state index contributed by atoms with van der Waals surface area (Å²) in [6.07, 6.45) is 4.44. The lowest BCUT2D eigenvalue weighted by Crippen LogP contribution is -2.44. The van der Waals surface area contributed by atoms with Gasteiger partial charge < -0.3 is 15.0 Å². The summed E-state index contributed by atoms with van der Waals surface area (Å²) in [6.45, 7) is 1.66. The van der Waals surface area contributed by atoms with Crippen LogP contribution in [0.15, 0.2) is 60.0 Å². The number of likely N-dealkylation sites (tertiary alicyclic amines) is 1. The predicted octanol–water partition coefficient (Wildman–Crippen LogP) is 2.39. The van der Waals surface area contributed by atoms with Gasteiger partial charge in [-0.05, 0) is 23.4 Å². The van der Waals surface area contributed by atoms with Gasteiger partial charge in [-0.15, -0.1) is 11.3 Å². The van der Waals surface area contributed by atoms with Gasteiger partial charge in [0, 0.05) is 11.4 Å². The van der Waals surface area contributed by atoms with Crippen molar-refractivity contribution in [2.75, 3.05) is 13.1 Å². The molecule has 1 aromatic carbocycles. The molecule has 4 atom stereocenters. The van der Waals surface area contributed by atoms with E-state index in [2.05, 4.69) is 5.32 Å². The lowest BCUT2D eigenvalue weighted by atomic mass is 9.77. The van der Waals surface area contributed by atoms with Crippen LogP contribution in [0.5, 0.6) is 0 Å². The van der Waals surface area contributed by atoms with Crippen molar-refractivity contribution in [2.45, 2.75) is 24.7 Å². The molecule has 0 aliphatic carbocycles. The van der Waals surface area contributed by atoms with Crippen LogP contribution in [0, 0.1) is 11.8 Å². The van der Waals surface area contributed by atoms with Gasteiger partial charge in [0.05, 0.1) is 31.0 Å². The number of benzene rings is 1. The maximum Gasteiger partial charge on any atom is 0.230 e. The average Bonchev–Trinajstić information content (AvgIpc) is 3.46. The van der Waals surface area contributed by atoms with E-state index in [-0.39, 0.29) is 17.9 Å². The quantitative estimate of drug-likeness (QED) is 0.766. The van der Waals surface area contributed by atoms with Crippen molar-refractivity contribution >= 4 is 23.2 Å². The number of hydrogen-bond donors (Lipinski definition) is 1. The van der Waals surface area contributed by atoms with Crippen LogP contribution in [0.1, 0.15) is 10.4 Å². The molecule has 2 aromatic rings. The molecule has 2 saturated heterocycles. The predicted molar refractivity (Wildman–Crippen MR) is 107 cm³/mol. The third-order valence-corrected chi connectivity index (χ3v) is 6.83. The molecule has 4 heterocycles. The fourth-order valence-corrected chi connectivity index (χ4v) is 5.41. The first-order chi connectivity index (χ1) is 13.7. The molecule has 2 bridgehead atoms. The summed E-state index contributed by atoms with van der Waals surface area (Å²) in [6, 6.07) is 14.1. The van der Waals surface area contributed by atoms with Gasteiger partial charge in [-0.25, -0.2) is 0 Å². The van der Waals surface area contributed by atoms with Crippen molar-refractivity contribution in [2.24, 2.45) is 11.8 Å². The average molecular weight is 394 g/mol. The summed E-state index contributed by atoms with van der Waals surface area (Å²) in [4.78, 5) is 29.1. The van der Waals surface area contributed by atoms with Crippen LogP contribution in [0.2, 0.25) is 0 Å². The molecule has 3 aliphatic heterocycles. The van der Waals surface area contributed by atoms with Crippen LogP contribution in [0.3, 0.4) is 0 Å². The number of carbonyl (C=O) groups excluding carboxylic acids is 2. The summed E-state index contributed by atoms with van der Waals surface area (Å²) in [5.74, 6) is -0.910. The third kappa shape index (κ3) is 2.88. The van der Waals surface area contributed by atoms with Crippen molar-refractivity contribution in [3.05, 3.63) is 70.4 Å². The maximum atomic E-state index is 13.1. The van der Waals surface area contributed by atoms with E-state index in [1.165, 1.54) is 5.56 Å². The molecular formula is C22H22N2O3S. The van der Waals surface area contributed by atoms with Gasteiger partial charge >= 0.3 is 0 Å². The van der Waals surface area contributed by atoms with E-state index in [1.54, 1.807) is 11.3 Å². The Morgan fingerprint density at radius 3 is 2.89 bits per heavy atom. The van der Waals surface area contributed by atoms with Crippen LogP contribution in [-0.4, -0.2) is 41.5 Å². The summed E-state index contributed by atoms with van der Waals surface area (Å²) >= 11 is 1.64. The third-order valence-electron chi connectivity index (χ3n) is 5.96. The smallest absolute Gasteiger partial charge is 0.230 e. The van der Waals surface area contributed by atoms with Crippen LogP contribution in [-0.2, 0) is 27.3 Å². The molecule has 3 aliphatic rings. The largest absolute Gasteiger partial charge is 0.360 e. The number of amides is 2. The Bertz CT molecular complexity index is 911. The second-order valence-corrected chi connectivity index (χ2v) is 8.73. The molecule has 1 spiro atoms. The highest BCUT2D eigenvalue weighted by Crippen LogP contribution is 2.52. The monoisotopic (exact) mass is 394 g/mol. The summed E-state index contributed by atoms with van der Waals surface area (Å²) in [5, 5.41) is 5.04. The number of fused-ring (bicyclic) bond motifs is 1. The van der Waals surface area contributed by atoms with Crippen molar-refractivity contribution in [1.82, 2.24) is 10.2 Å². The summed E-state index contributed by atoms with van der Waals surface area (Å²) in [7, 11) is 0. The van der Waals surface area contributed by atoms with E-state index in [4.69, 9.17) is 4.74 Å². The topological polar surface area (TPSA) is 58.6 Å². The zero-order valence-electron chi connectivity index (χ0n) is 15.4. The molecule has 2 amide bonds. The molecule has 5 rings (SSSR count). The highest BCUT2D eigenvalue weighted by Gasteiger charge is 2.66. The standard InChI is InChI=1S/C22H22N2O3S/c25-20(23-11-9-15-5-2-1-3-6-15)18-17-8-10-22(27-17)14-24(21(26)19(18)22)13-16-7-4-12-28-16/h1-8,10,12,17-19H,9,11,13-14H2,(H,23,25)/t17-,18-,19-,22+/m1/s1. The Labute approximate surface area is 168 Å². The van der Waals surface area contributed by atoms with Crippen LogP contribution in [0.4, 0.5) is 0 Å². The molecule has 28 heavy (non-hydrogen) atoms. The Morgan fingerprint density at radius 1 is 1.25 bits per heavy atom. The highest BCUT2D eigenvalue weighted by molar-refractivity contribution is 7.09. The van der Waals surface area contributed by atoms with Gasteiger partial charge in [-0.1, -0.05) is 48.6 Å². The summed E-state index contributed by atoms with van der Waals surface area (Å²) in [5.41, 5.74) is 0.544. The zero-order chi connectivity index (χ0) is 19.1. The van der Waals surface area contributed by atoms with Gasteiger partial charge in [0.15, 0.2) is 0 Å². The lowest BCUT2D eigenvalue weighted by Gasteiger charge is -2.23. The molecule has 0 unspecified atom stereocenters. The minimum Gasteiger partial charge on any atom is -0.360 e. The van der Waals surface area contributed by atoms with E-state index in [0.29, 0.717) is 19.6 Å². The normalized spacial score (nSPS) is 30.1. The van der Waals surface area contributed by atoms with Crippen LogP contribution in [0.25, 0.3) is 0 Å². The Morgan fingerprint density at radius 2 is 2.11 bits per heavy atom. The van der Waals surface area contributed by atoms with E-state index in [0.717, 1.165) is 11.3 Å². The number of hydrogen-bond acceptors (Lipinski definition) is 4. The van der Waals surface area contributed by atoms with Crippen molar-refractivity contribution < 1.29 is 14.3 Å². The number of thiophene rings is 1. The number of ether oxygens (including phenoxy) is 1. The van der Waals surface area contributed by atoms with Gasteiger partial charge in [0.2, 0.25) is 11.8 Å². The first-order valence-electron chi connectivity index (χ1n) is 9.66. The van der Waals surface area contributed by atoms with Gasteiger partial charge in [0.1, 0.15) is 5.60 Å². The van der Waals surface area contributed by atoms with Gasteiger partial charge in [-0.3, -0.25) is 9.59 Å². The SMILES string of the molecule is O=C(NCCc1ccccc1)[C@@H]1[C@H]2C=C[C@@]3(CN(Cc4cccs4)C(=O)[C@@H]13)O2. The minimum absolute atomic E-state index is 0.0310. The minimum atomic E-state index is -0.638. The second kappa shape index (κ2) is 6.87. The molecule has 144 valence electrons.